The number of rotatable bonds is 6. The molecule has 4 heterocycles. The molecule has 1 aliphatic rings. The van der Waals surface area contributed by atoms with Crippen LogP contribution >= 0.6 is 11.6 Å². The molecule has 1 atom stereocenters. The van der Waals surface area contributed by atoms with Crippen LogP contribution in [0.5, 0.6) is 0 Å². The molecular formula is C26H20ClF5N8O. The highest BCUT2D eigenvalue weighted by atomic mass is 35.5. The predicted octanol–water partition coefficient (Wildman–Crippen LogP) is 5.52. The molecule has 0 bridgehead atoms. The number of halogens is 6. The number of aromatic amines is 1. The van der Waals surface area contributed by atoms with Gasteiger partial charge in [0.25, 0.3) is 0 Å². The lowest BCUT2D eigenvalue weighted by Gasteiger charge is -2.22. The van der Waals surface area contributed by atoms with Gasteiger partial charge in [-0.25, -0.2) is 14.6 Å². The zero-order valence-electron chi connectivity index (χ0n) is 21.1. The van der Waals surface area contributed by atoms with Crippen molar-refractivity contribution in [1.29, 1.82) is 0 Å². The molecule has 1 saturated heterocycles. The Morgan fingerprint density at radius 2 is 1.95 bits per heavy atom. The summed E-state index contributed by atoms with van der Waals surface area (Å²) in [4.78, 5) is 23.7. The fourth-order valence-corrected chi connectivity index (χ4v) is 4.78. The maximum absolute atomic E-state index is 14.8. The van der Waals surface area contributed by atoms with Crippen LogP contribution in [0.15, 0.2) is 54.4 Å². The van der Waals surface area contributed by atoms with Crippen LogP contribution in [0.3, 0.4) is 0 Å². The first-order valence-electron chi connectivity index (χ1n) is 12.0. The van der Waals surface area contributed by atoms with E-state index in [1.54, 1.807) is 18.0 Å². The lowest BCUT2D eigenvalue weighted by Crippen LogP contribution is -2.17. The summed E-state index contributed by atoms with van der Waals surface area (Å²) in [6.07, 6.45) is 0.461. The molecular weight excluding hydrogens is 571 g/mol. The number of nitrogen functional groups attached to an aromatic ring is 1. The van der Waals surface area contributed by atoms with E-state index >= 15 is 0 Å². The maximum atomic E-state index is 14.8. The van der Waals surface area contributed by atoms with Crippen molar-refractivity contribution in [1.82, 2.24) is 34.8 Å². The second kappa shape index (κ2) is 10.8. The van der Waals surface area contributed by atoms with Crippen LogP contribution in [-0.4, -0.2) is 48.2 Å². The lowest BCUT2D eigenvalue weighted by atomic mass is 10.0. The van der Waals surface area contributed by atoms with Crippen LogP contribution < -0.4 is 5.73 Å². The summed E-state index contributed by atoms with van der Waals surface area (Å²) < 4.78 is 69.5. The minimum Gasteiger partial charge on any atom is -0.384 e. The van der Waals surface area contributed by atoms with Crippen molar-refractivity contribution in [3.63, 3.8) is 0 Å². The van der Waals surface area contributed by atoms with E-state index in [2.05, 4.69) is 25.3 Å². The number of benzene rings is 1. The van der Waals surface area contributed by atoms with Gasteiger partial charge in [0, 0.05) is 23.3 Å². The topological polar surface area (TPSA) is 119 Å². The Balaban J connectivity index is 1.48. The van der Waals surface area contributed by atoms with Gasteiger partial charge in [0.1, 0.15) is 23.6 Å². The number of nitrogens with two attached hydrogens (primary N) is 1. The zero-order chi connectivity index (χ0) is 29.5. The average molecular weight is 591 g/mol. The van der Waals surface area contributed by atoms with E-state index in [0.717, 1.165) is 10.9 Å². The van der Waals surface area contributed by atoms with Crippen LogP contribution in [0, 0.1) is 11.9 Å². The smallest absolute Gasteiger partial charge is 0.384 e. The van der Waals surface area contributed by atoms with Crippen molar-refractivity contribution in [2.75, 3.05) is 12.8 Å². The summed E-state index contributed by atoms with van der Waals surface area (Å²) in [6, 6.07) is 6.64. The fraction of sp³-hybridized carbons (Fsp3) is 0.192. The summed E-state index contributed by atoms with van der Waals surface area (Å²) in [5, 5.41) is 7.08. The predicted molar refractivity (Wildman–Crippen MR) is 139 cm³/mol. The summed E-state index contributed by atoms with van der Waals surface area (Å²) in [5.41, 5.74) is 5.58. The first-order valence-corrected chi connectivity index (χ1v) is 12.4. The third-order valence-electron chi connectivity index (χ3n) is 6.60. The normalized spacial score (nSPS) is 17.0. The Bertz CT molecular complexity index is 1690. The van der Waals surface area contributed by atoms with E-state index < -0.39 is 29.8 Å². The van der Waals surface area contributed by atoms with Gasteiger partial charge in [0.2, 0.25) is 11.9 Å². The number of hydrogen-bond acceptors (Lipinski definition) is 7. The van der Waals surface area contributed by atoms with Gasteiger partial charge in [-0.2, -0.15) is 22.0 Å². The van der Waals surface area contributed by atoms with Crippen molar-refractivity contribution >= 4 is 29.3 Å². The number of pyridine rings is 1. The monoisotopic (exact) mass is 590 g/mol. The van der Waals surface area contributed by atoms with E-state index in [9.17, 15) is 26.7 Å². The summed E-state index contributed by atoms with van der Waals surface area (Å²) >= 11 is 6.20. The van der Waals surface area contributed by atoms with E-state index in [-0.39, 0.29) is 33.6 Å². The zero-order valence-corrected chi connectivity index (χ0v) is 21.9. The van der Waals surface area contributed by atoms with Crippen molar-refractivity contribution in [3.8, 4) is 16.9 Å². The van der Waals surface area contributed by atoms with Crippen molar-refractivity contribution < 1.29 is 26.7 Å². The molecule has 4 aromatic rings. The van der Waals surface area contributed by atoms with Crippen LogP contribution in [0.2, 0.25) is 5.02 Å². The summed E-state index contributed by atoms with van der Waals surface area (Å²) in [5.74, 6) is -1.67. The third kappa shape index (κ3) is 5.55. The van der Waals surface area contributed by atoms with Gasteiger partial charge in [-0.15, -0.1) is 5.10 Å². The Labute approximate surface area is 234 Å². The molecule has 15 heteroatoms. The van der Waals surface area contributed by atoms with Crippen LogP contribution in [0.4, 0.5) is 27.8 Å². The van der Waals surface area contributed by atoms with E-state index in [4.69, 9.17) is 17.3 Å². The number of carbonyl (C=O) groups excluding carboxylic acids is 1. The Kier molecular flexibility index (Phi) is 7.34. The molecule has 0 radical (unpaired) electrons. The number of aromatic nitrogens is 6. The highest BCUT2D eigenvalue weighted by Crippen LogP contribution is 2.39. The van der Waals surface area contributed by atoms with Gasteiger partial charge < -0.3 is 15.6 Å². The molecule has 0 aliphatic carbocycles. The third-order valence-corrected chi connectivity index (χ3v) is 6.83. The molecule has 0 spiro atoms. The fourth-order valence-electron chi connectivity index (χ4n) is 4.61. The SMILES string of the molecule is CN1/C(=C\C(=C/C=O)c2cc(Cl)ccc2-n2cc(C(F)(F)F)nn2)CCC1c1nc(F)c(-c2ccc(N)nc2F)[nH]1. The summed E-state index contributed by atoms with van der Waals surface area (Å²) in [7, 11) is 1.74. The number of H-pyrrole nitrogens is 1. The number of likely N-dealkylation sites (tertiary alicyclic amines) is 1. The number of alkyl halides is 3. The number of allylic oxidation sites excluding steroid dienone is 4. The van der Waals surface area contributed by atoms with Gasteiger partial charge in [-0.3, -0.25) is 4.79 Å². The van der Waals surface area contributed by atoms with Crippen LogP contribution in [0.25, 0.3) is 22.5 Å². The molecule has 9 nitrogen and oxygen atoms in total. The number of hydrogen-bond donors (Lipinski definition) is 2. The Morgan fingerprint density at radius 1 is 1.17 bits per heavy atom. The van der Waals surface area contributed by atoms with Crippen molar-refractivity contribution in [2.24, 2.45) is 0 Å². The molecule has 1 fully saturated rings. The van der Waals surface area contributed by atoms with Gasteiger partial charge in [0.15, 0.2) is 5.69 Å². The number of imidazole rings is 1. The molecule has 41 heavy (non-hydrogen) atoms. The molecule has 1 aromatic carbocycles. The standard InChI is InChI=1S/C26H20ClF5N8O/c1-39-15(3-6-19(39)25-35-22(24(29)36-25)16-4-7-21(33)34-23(16)28)10-13(8-9-41)17-11-14(27)2-5-18(17)40-12-20(37-38-40)26(30,31)32/h2,4-5,7-12,19H,3,6H2,1H3,(H2,33,34)(H,35,36)/b13-8+,15-10-. The lowest BCUT2D eigenvalue weighted by molar-refractivity contribution is -0.141. The quantitative estimate of drug-likeness (QED) is 0.131. The van der Waals surface area contributed by atoms with Crippen LogP contribution in [0.1, 0.15) is 36.0 Å². The first-order chi connectivity index (χ1) is 19.5. The average Bonchev–Trinajstić information content (AvgIpc) is 3.63. The Hall–Kier alpha value is -4.59. The number of carbonyl (C=O) groups is 1. The molecule has 3 aromatic heterocycles. The van der Waals surface area contributed by atoms with Crippen LogP contribution in [-0.2, 0) is 11.0 Å². The maximum Gasteiger partial charge on any atom is 0.436 e. The largest absolute Gasteiger partial charge is 0.436 e. The second-order valence-electron chi connectivity index (χ2n) is 9.13. The molecule has 1 aliphatic heterocycles. The first kappa shape index (κ1) is 28.0. The van der Waals surface area contributed by atoms with Crippen molar-refractivity contribution in [3.05, 3.63) is 88.4 Å². The molecule has 5 rings (SSSR count). The second-order valence-corrected chi connectivity index (χ2v) is 9.57. The minimum atomic E-state index is -4.70. The highest BCUT2D eigenvalue weighted by molar-refractivity contribution is 6.30. The van der Waals surface area contributed by atoms with Gasteiger partial charge in [0.05, 0.1) is 23.5 Å². The molecule has 0 saturated carbocycles. The van der Waals surface area contributed by atoms with Crippen molar-refractivity contribution in [2.45, 2.75) is 25.1 Å². The number of anilines is 1. The minimum absolute atomic E-state index is 0.0524. The molecule has 1 unspecified atom stereocenters. The summed E-state index contributed by atoms with van der Waals surface area (Å²) in [6.45, 7) is 0. The highest BCUT2D eigenvalue weighted by Gasteiger charge is 2.35. The Morgan fingerprint density at radius 3 is 2.63 bits per heavy atom. The van der Waals surface area contributed by atoms with Gasteiger partial charge >= 0.3 is 6.18 Å². The molecule has 212 valence electrons. The number of aldehydes is 1. The van der Waals surface area contributed by atoms with Gasteiger partial charge in [-0.1, -0.05) is 16.8 Å². The van der Waals surface area contributed by atoms with Gasteiger partial charge in [-0.05, 0) is 60.9 Å². The van der Waals surface area contributed by atoms with E-state index in [0.29, 0.717) is 36.0 Å². The molecule has 3 N–H and O–H groups in total. The van der Waals surface area contributed by atoms with E-state index in [1.807, 2.05) is 0 Å². The van der Waals surface area contributed by atoms with E-state index in [1.165, 1.54) is 36.4 Å². The number of nitrogens with zero attached hydrogens (tertiary/aromatic N) is 6. The molecule has 0 amide bonds. The number of nitrogens with one attached hydrogen (secondary N) is 1.